The molecule has 1 saturated carbocycles. The molecule has 4 rings (SSSR count). The standard InChI is InChI=1S/C18H23N3O/c1-22-15-9-7-14(8-10-15)21-18-16(11-12-19-18)17(20-21)13-5-3-2-4-6-13/h7-10,13,19H,2-6,11-12H2,1H3. The van der Waals surface area contributed by atoms with Crippen LogP contribution >= 0.6 is 0 Å². The number of nitrogens with one attached hydrogen (secondary N) is 1. The van der Waals surface area contributed by atoms with E-state index in [0.717, 1.165) is 24.4 Å². The van der Waals surface area contributed by atoms with Gasteiger partial charge in [-0.1, -0.05) is 19.3 Å². The Morgan fingerprint density at radius 3 is 2.64 bits per heavy atom. The molecule has 0 amide bonds. The number of hydrogen-bond acceptors (Lipinski definition) is 3. The summed E-state index contributed by atoms with van der Waals surface area (Å²) >= 11 is 0. The van der Waals surface area contributed by atoms with Gasteiger partial charge in [-0.25, -0.2) is 4.68 Å². The van der Waals surface area contributed by atoms with Crippen molar-refractivity contribution in [1.82, 2.24) is 9.78 Å². The quantitative estimate of drug-likeness (QED) is 0.934. The zero-order valence-corrected chi connectivity index (χ0v) is 13.1. The highest BCUT2D eigenvalue weighted by Gasteiger charge is 2.28. The lowest BCUT2D eigenvalue weighted by Crippen LogP contribution is -2.09. The Balaban J connectivity index is 1.73. The molecule has 2 aliphatic rings. The third kappa shape index (κ3) is 2.27. The van der Waals surface area contributed by atoms with Crippen LogP contribution in [0, 0.1) is 0 Å². The molecule has 22 heavy (non-hydrogen) atoms. The number of rotatable bonds is 3. The minimum atomic E-state index is 0.655. The highest BCUT2D eigenvalue weighted by Crippen LogP contribution is 2.39. The van der Waals surface area contributed by atoms with Crippen LogP contribution in [0.1, 0.15) is 49.3 Å². The van der Waals surface area contributed by atoms with Crippen molar-refractivity contribution in [3.8, 4) is 11.4 Å². The molecular weight excluding hydrogens is 274 g/mol. The first-order valence-corrected chi connectivity index (χ1v) is 8.37. The van der Waals surface area contributed by atoms with Crippen molar-refractivity contribution >= 4 is 5.82 Å². The van der Waals surface area contributed by atoms with Gasteiger partial charge in [0.2, 0.25) is 0 Å². The van der Waals surface area contributed by atoms with Gasteiger partial charge in [0.25, 0.3) is 0 Å². The molecule has 0 bridgehead atoms. The van der Waals surface area contributed by atoms with Crippen LogP contribution in [0.4, 0.5) is 5.82 Å². The highest BCUT2D eigenvalue weighted by molar-refractivity contribution is 5.58. The minimum absolute atomic E-state index is 0.655. The van der Waals surface area contributed by atoms with Gasteiger partial charge in [0.1, 0.15) is 11.6 Å². The molecule has 1 aliphatic heterocycles. The molecule has 0 atom stereocenters. The Hall–Kier alpha value is -1.97. The van der Waals surface area contributed by atoms with E-state index in [-0.39, 0.29) is 0 Å². The van der Waals surface area contributed by atoms with E-state index in [9.17, 15) is 0 Å². The number of anilines is 1. The third-order valence-electron chi connectivity index (χ3n) is 4.99. The minimum Gasteiger partial charge on any atom is -0.497 e. The predicted octanol–water partition coefficient (Wildman–Crippen LogP) is 3.90. The third-order valence-corrected chi connectivity index (χ3v) is 4.99. The van der Waals surface area contributed by atoms with Crippen molar-refractivity contribution in [3.63, 3.8) is 0 Å². The fourth-order valence-electron chi connectivity index (χ4n) is 3.82. The molecule has 2 aromatic rings. The average Bonchev–Trinajstić information content (AvgIpc) is 3.18. The summed E-state index contributed by atoms with van der Waals surface area (Å²) in [6.07, 6.45) is 7.79. The van der Waals surface area contributed by atoms with Crippen molar-refractivity contribution in [2.75, 3.05) is 19.0 Å². The molecule has 0 spiro atoms. The molecular formula is C18H23N3O. The summed E-state index contributed by atoms with van der Waals surface area (Å²) in [5.74, 6) is 2.74. The largest absolute Gasteiger partial charge is 0.497 e. The Morgan fingerprint density at radius 1 is 1.14 bits per heavy atom. The molecule has 1 aliphatic carbocycles. The number of ether oxygens (including phenoxy) is 1. The molecule has 1 aromatic carbocycles. The highest BCUT2D eigenvalue weighted by atomic mass is 16.5. The second-order valence-corrected chi connectivity index (χ2v) is 6.33. The maximum atomic E-state index is 5.25. The summed E-state index contributed by atoms with van der Waals surface area (Å²) in [4.78, 5) is 0. The van der Waals surface area contributed by atoms with Crippen LogP contribution in [0.2, 0.25) is 0 Å². The van der Waals surface area contributed by atoms with E-state index >= 15 is 0 Å². The van der Waals surface area contributed by atoms with E-state index in [1.165, 1.54) is 49.2 Å². The molecule has 1 aromatic heterocycles. The molecule has 0 radical (unpaired) electrons. The van der Waals surface area contributed by atoms with Crippen molar-refractivity contribution in [2.45, 2.75) is 44.4 Å². The normalized spacial score (nSPS) is 18.0. The fraction of sp³-hybridized carbons (Fsp3) is 0.500. The summed E-state index contributed by atoms with van der Waals surface area (Å²) < 4.78 is 7.34. The summed E-state index contributed by atoms with van der Waals surface area (Å²) in [5, 5.41) is 8.52. The first-order valence-electron chi connectivity index (χ1n) is 8.37. The maximum Gasteiger partial charge on any atom is 0.133 e. The van der Waals surface area contributed by atoms with Crippen LogP contribution < -0.4 is 10.1 Å². The van der Waals surface area contributed by atoms with Crippen LogP contribution in [0.15, 0.2) is 24.3 Å². The SMILES string of the molecule is COc1ccc(-n2nc(C3CCCCC3)c3c2NCC3)cc1. The summed E-state index contributed by atoms with van der Waals surface area (Å²) in [5.41, 5.74) is 3.90. The summed E-state index contributed by atoms with van der Waals surface area (Å²) in [6, 6.07) is 8.16. The lowest BCUT2D eigenvalue weighted by Gasteiger charge is -2.20. The Morgan fingerprint density at radius 2 is 1.91 bits per heavy atom. The van der Waals surface area contributed by atoms with Gasteiger partial charge in [-0.3, -0.25) is 0 Å². The van der Waals surface area contributed by atoms with Gasteiger partial charge in [0.05, 0.1) is 18.5 Å². The second kappa shape index (κ2) is 5.67. The molecule has 1 fully saturated rings. The van der Waals surface area contributed by atoms with Crippen molar-refractivity contribution in [2.24, 2.45) is 0 Å². The van der Waals surface area contributed by atoms with Gasteiger partial charge < -0.3 is 10.1 Å². The molecule has 116 valence electrons. The smallest absolute Gasteiger partial charge is 0.133 e. The molecule has 1 N–H and O–H groups in total. The van der Waals surface area contributed by atoms with Crippen LogP contribution in [-0.2, 0) is 6.42 Å². The summed E-state index contributed by atoms with van der Waals surface area (Å²) in [7, 11) is 1.70. The Kier molecular flexibility index (Phi) is 3.53. The second-order valence-electron chi connectivity index (χ2n) is 6.33. The predicted molar refractivity (Wildman–Crippen MR) is 88.1 cm³/mol. The number of hydrogen-bond donors (Lipinski definition) is 1. The van der Waals surface area contributed by atoms with Crippen LogP contribution in [-0.4, -0.2) is 23.4 Å². The molecule has 0 saturated heterocycles. The molecule has 4 nitrogen and oxygen atoms in total. The van der Waals surface area contributed by atoms with E-state index in [1.54, 1.807) is 7.11 Å². The number of fused-ring (bicyclic) bond motifs is 1. The van der Waals surface area contributed by atoms with Crippen LogP contribution in [0.3, 0.4) is 0 Å². The fourth-order valence-corrected chi connectivity index (χ4v) is 3.82. The number of nitrogens with zero attached hydrogens (tertiary/aromatic N) is 2. The van der Waals surface area contributed by atoms with E-state index in [4.69, 9.17) is 9.84 Å². The lowest BCUT2D eigenvalue weighted by molar-refractivity contribution is 0.414. The van der Waals surface area contributed by atoms with Crippen molar-refractivity contribution in [1.29, 1.82) is 0 Å². The van der Waals surface area contributed by atoms with E-state index < -0.39 is 0 Å². The van der Waals surface area contributed by atoms with E-state index in [0.29, 0.717) is 5.92 Å². The van der Waals surface area contributed by atoms with Crippen molar-refractivity contribution < 1.29 is 4.74 Å². The lowest BCUT2D eigenvalue weighted by atomic mass is 9.85. The zero-order valence-electron chi connectivity index (χ0n) is 13.1. The number of aromatic nitrogens is 2. The van der Waals surface area contributed by atoms with Crippen molar-refractivity contribution in [3.05, 3.63) is 35.5 Å². The number of benzene rings is 1. The van der Waals surface area contributed by atoms with Gasteiger partial charge in [-0.2, -0.15) is 5.10 Å². The number of methoxy groups -OCH3 is 1. The van der Waals surface area contributed by atoms with Gasteiger partial charge >= 0.3 is 0 Å². The molecule has 0 unspecified atom stereocenters. The van der Waals surface area contributed by atoms with Gasteiger partial charge in [0.15, 0.2) is 0 Å². The van der Waals surface area contributed by atoms with E-state index in [1.807, 2.05) is 12.1 Å². The first-order chi connectivity index (χ1) is 10.9. The topological polar surface area (TPSA) is 39.1 Å². The van der Waals surface area contributed by atoms with Crippen LogP contribution in [0.5, 0.6) is 5.75 Å². The summed E-state index contributed by atoms with van der Waals surface area (Å²) in [6.45, 7) is 1.03. The first kappa shape index (κ1) is 13.7. The van der Waals surface area contributed by atoms with Gasteiger partial charge in [0, 0.05) is 18.0 Å². The van der Waals surface area contributed by atoms with E-state index in [2.05, 4.69) is 22.1 Å². The molecule has 4 heteroatoms. The van der Waals surface area contributed by atoms with Gasteiger partial charge in [-0.05, 0) is 43.5 Å². The van der Waals surface area contributed by atoms with Crippen LogP contribution in [0.25, 0.3) is 5.69 Å². The zero-order chi connectivity index (χ0) is 14.9. The Bertz CT molecular complexity index is 654. The Labute approximate surface area is 131 Å². The maximum absolute atomic E-state index is 5.25. The van der Waals surface area contributed by atoms with Gasteiger partial charge in [-0.15, -0.1) is 0 Å². The monoisotopic (exact) mass is 297 g/mol. The average molecular weight is 297 g/mol. The molecule has 2 heterocycles.